The zero-order valence-electron chi connectivity index (χ0n) is 12.0. The summed E-state index contributed by atoms with van der Waals surface area (Å²) >= 11 is 0. The third-order valence-electron chi connectivity index (χ3n) is 4.31. The van der Waals surface area contributed by atoms with Gasteiger partial charge in [-0.15, -0.1) is 0 Å². The lowest BCUT2D eigenvalue weighted by Gasteiger charge is -2.33. The van der Waals surface area contributed by atoms with Crippen LogP contribution in [0, 0.1) is 17.2 Å². The molecule has 1 fully saturated rings. The molecule has 1 aromatic rings. The van der Waals surface area contributed by atoms with Crippen molar-refractivity contribution in [1.82, 2.24) is 0 Å². The van der Waals surface area contributed by atoms with Gasteiger partial charge in [0.25, 0.3) is 0 Å². The highest BCUT2D eigenvalue weighted by atomic mass is 32.2. The molecule has 1 aliphatic carbocycles. The fourth-order valence-corrected chi connectivity index (χ4v) is 4.87. The lowest BCUT2D eigenvalue weighted by Crippen LogP contribution is -2.38. The van der Waals surface area contributed by atoms with Crippen molar-refractivity contribution < 1.29 is 8.42 Å². The van der Waals surface area contributed by atoms with Gasteiger partial charge in [-0.2, -0.15) is 5.26 Å². The van der Waals surface area contributed by atoms with Crippen molar-refractivity contribution in [3.05, 3.63) is 35.9 Å². The van der Waals surface area contributed by atoms with E-state index in [1.165, 1.54) is 5.56 Å². The van der Waals surface area contributed by atoms with Gasteiger partial charge in [0.1, 0.15) is 0 Å². The lowest BCUT2D eigenvalue weighted by atomic mass is 9.79. The molecule has 4 heteroatoms. The van der Waals surface area contributed by atoms with Gasteiger partial charge < -0.3 is 0 Å². The fourth-order valence-electron chi connectivity index (χ4n) is 3.02. The number of hydrogen-bond acceptors (Lipinski definition) is 3. The Balaban J connectivity index is 2.28. The van der Waals surface area contributed by atoms with Crippen LogP contribution < -0.4 is 0 Å². The molecule has 0 aliphatic heterocycles. The summed E-state index contributed by atoms with van der Waals surface area (Å²) in [4.78, 5) is 0. The average molecular weight is 291 g/mol. The Labute approximate surface area is 121 Å². The minimum Gasteiger partial charge on any atom is -0.228 e. The summed E-state index contributed by atoms with van der Waals surface area (Å²) in [5, 5.41) is 8.31. The number of rotatable bonds is 3. The highest BCUT2D eigenvalue weighted by molar-refractivity contribution is 7.92. The number of benzene rings is 1. The standard InChI is InChI=1S/C16H21NO2S/c1-12(2)20(18,19)16-10-14(8-9-15(16)11-17)13-6-4-3-5-7-13/h3-7,12,14-16H,8-10H2,1-2H3. The Morgan fingerprint density at radius 2 is 1.85 bits per heavy atom. The van der Waals surface area contributed by atoms with E-state index in [1.807, 2.05) is 18.2 Å². The number of nitrogens with zero attached hydrogens (tertiary/aromatic N) is 1. The Morgan fingerprint density at radius 1 is 1.20 bits per heavy atom. The van der Waals surface area contributed by atoms with Crippen molar-refractivity contribution in [3.63, 3.8) is 0 Å². The first kappa shape index (κ1) is 15.1. The van der Waals surface area contributed by atoms with Crippen molar-refractivity contribution in [2.24, 2.45) is 5.92 Å². The highest BCUT2D eigenvalue weighted by Gasteiger charge is 2.40. The van der Waals surface area contributed by atoms with Crippen molar-refractivity contribution >= 4 is 9.84 Å². The molecule has 0 bridgehead atoms. The van der Waals surface area contributed by atoms with Crippen LogP contribution >= 0.6 is 0 Å². The van der Waals surface area contributed by atoms with Crippen molar-refractivity contribution in [3.8, 4) is 6.07 Å². The van der Waals surface area contributed by atoms with Gasteiger partial charge in [-0.3, -0.25) is 0 Å². The van der Waals surface area contributed by atoms with Gasteiger partial charge in [0.05, 0.1) is 22.5 Å². The van der Waals surface area contributed by atoms with E-state index in [9.17, 15) is 13.7 Å². The van der Waals surface area contributed by atoms with Gasteiger partial charge in [-0.25, -0.2) is 8.42 Å². The summed E-state index contributed by atoms with van der Waals surface area (Å²) < 4.78 is 25.0. The molecule has 108 valence electrons. The average Bonchev–Trinajstić information content (AvgIpc) is 2.47. The smallest absolute Gasteiger partial charge is 0.156 e. The number of sulfone groups is 1. The van der Waals surface area contributed by atoms with E-state index >= 15 is 0 Å². The zero-order valence-corrected chi connectivity index (χ0v) is 12.8. The van der Waals surface area contributed by atoms with E-state index in [4.69, 9.17) is 0 Å². The normalized spacial score (nSPS) is 27.2. The summed E-state index contributed by atoms with van der Waals surface area (Å²) in [5.41, 5.74) is 1.19. The SMILES string of the molecule is CC(C)S(=O)(=O)C1CC(c2ccccc2)CCC1C#N. The van der Waals surface area contributed by atoms with E-state index in [1.54, 1.807) is 13.8 Å². The summed E-state index contributed by atoms with van der Waals surface area (Å²) in [6.45, 7) is 3.41. The van der Waals surface area contributed by atoms with Gasteiger partial charge in [0, 0.05) is 0 Å². The van der Waals surface area contributed by atoms with Crippen LogP contribution in [-0.2, 0) is 9.84 Å². The molecule has 3 atom stereocenters. The number of nitriles is 1. The Kier molecular flexibility index (Phi) is 4.49. The predicted octanol–water partition coefficient (Wildman–Crippen LogP) is 3.29. The second-order valence-electron chi connectivity index (χ2n) is 5.83. The van der Waals surface area contributed by atoms with Crippen LogP contribution in [0.3, 0.4) is 0 Å². The van der Waals surface area contributed by atoms with Crippen LogP contribution in [0.15, 0.2) is 30.3 Å². The Morgan fingerprint density at radius 3 is 2.40 bits per heavy atom. The molecule has 0 spiro atoms. The Bertz CT molecular complexity index is 587. The topological polar surface area (TPSA) is 57.9 Å². The molecule has 3 nitrogen and oxygen atoms in total. The molecule has 20 heavy (non-hydrogen) atoms. The molecule has 1 aromatic carbocycles. The van der Waals surface area contributed by atoms with E-state index < -0.39 is 20.3 Å². The molecule has 3 unspecified atom stereocenters. The number of hydrogen-bond donors (Lipinski definition) is 0. The Hall–Kier alpha value is -1.34. The molecule has 0 heterocycles. The maximum Gasteiger partial charge on any atom is 0.156 e. The van der Waals surface area contributed by atoms with Gasteiger partial charge in [0.2, 0.25) is 0 Å². The summed E-state index contributed by atoms with van der Waals surface area (Å²) in [7, 11) is -3.22. The molecule has 0 aromatic heterocycles. The van der Waals surface area contributed by atoms with Crippen LogP contribution in [0.25, 0.3) is 0 Å². The third kappa shape index (κ3) is 2.88. The maximum atomic E-state index is 12.5. The van der Waals surface area contributed by atoms with E-state index in [2.05, 4.69) is 18.2 Å². The summed E-state index contributed by atoms with van der Waals surface area (Å²) in [6, 6.07) is 12.2. The molecule has 1 aliphatic rings. The second-order valence-corrected chi connectivity index (χ2v) is 8.56. The molecule has 0 N–H and O–H groups in total. The van der Waals surface area contributed by atoms with E-state index in [0.717, 1.165) is 6.42 Å². The first-order valence-electron chi connectivity index (χ1n) is 7.14. The van der Waals surface area contributed by atoms with E-state index in [0.29, 0.717) is 12.8 Å². The first-order chi connectivity index (χ1) is 9.46. The maximum absolute atomic E-state index is 12.5. The monoisotopic (exact) mass is 291 g/mol. The van der Waals surface area contributed by atoms with Crippen LogP contribution in [0.5, 0.6) is 0 Å². The highest BCUT2D eigenvalue weighted by Crippen LogP contribution is 2.39. The predicted molar refractivity (Wildman–Crippen MR) is 80.0 cm³/mol. The van der Waals surface area contributed by atoms with Gasteiger partial charge >= 0.3 is 0 Å². The van der Waals surface area contributed by atoms with Crippen LogP contribution in [0.1, 0.15) is 44.6 Å². The molecule has 2 rings (SSSR count). The molecular weight excluding hydrogens is 270 g/mol. The van der Waals surface area contributed by atoms with Crippen molar-refractivity contribution in [2.75, 3.05) is 0 Å². The van der Waals surface area contributed by atoms with Gasteiger partial charge in [-0.1, -0.05) is 30.3 Å². The van der Waals surface area contributed by atoms with Crippen LogP contribution in [-0.4, -0.2) is 18.9 Å². The second kappa shape index (κ2) is 5.97. The van der Waals surface area contributed by atoms with Gasteiger partial charge in [-0.05, 0) is 44.6 Å². The van der Waals surface area contributed by atoms with Crippen LogP contribution in [0.4, 0.5) is 0 Å². The molecule has 0 saturated heterocycles. The minimum absolute atomic E-state index is 0.249. The third-order valence-corrected chi connectivity index (χ3v) is 6.99. The molecule has 0 amide bonds. The summed E-state index contributed by atoms with van der Waals surface area (Å²) in [6.07, 6.45) is 2.14. The molecular formula is C16H21NO2S. The minimum atomic E-state index is -3.22. The molecule has 1 saturated carbocycles. The lowest BCUT2D eigenvalue weighted by molar-refractivity contribution is 0.377. The summed E-state index contributed by atoms with van der Waals surface area (Å²) in [5.74, 6) is -0.110. The fraction of sp³-hybridized carbons (Fsp3) is 0.562. The van der Waals surface area contributed by atoms with Gasteiger partial charge in [0.15, 0.2) is 9.84 Å². The molecule has 0 radical (unpaired) electrons. The zero-order chi connectivity index (χ0) is 14.8. The first-order valence-corrected chi connectivity index (χ1v) is 8.75. The largest absolute Gasteiger partial charge is 0.228 e. The quantitative estimate of drug-likeness (QED) is 0.858. The van der Waals surface area contributed by atoms with Crippen molar-refractivity contribution in [1.29, 1.82) is 5.26 Å². The van der Waals surface area contributed by atoms with Crippen molar-refractivity contribution in [2.45, 2.75) is 49.5 Å². The van der Waals surface area contributed by atoms with Crippen LogP contribution in [0.2, 0.25) is 0 Å². The van der Waals surface area contributed by atoms with E-state index in [-0.39, 0.29) is 11.8 Å².